The predicted octanol–water partition coefficient (Wildman–Crippen LogP) is 3.12. The number of piperidine rings is 1. The van der Waals surface area contributed by atoms with Crippen LogP contribution >= 0.6 is 23.2 Å². The number of amides is 2. The first-order valence-electron chi connectivity index (χ1n) is 7.01. The zero-order valence-corrected chi connectivity index (χ0v) is 13.4. The van der Waals surface area contributed by atoms with Crippen molar-refractivity contribution in [3.05, 3.63) is 33.8 Å². The standard InChI is InChI=1S/C15H18Cl2N2O2/c1-10-4-2-3-7-19(10)14(20)9-18-15(21)11-5-6-12(16)13(17)8-11/h5-6,8,10H,2-4,7,9H2,1H3,(H,18,21). The van der Waals surface area contributed by atoms with Gasteiger partial charge < -0.3 is 10.2 Å². The van der Waals surface area contributed by atoms with Crippen LogP contribution in [-0.4, -0.2) is 35.8 Å². The Bertz CT molecular complexity index is 548. The molecule has 1 aromatic carbocycles. The molecular formula is C15H18Cl2N2O2. The van der Waals surface area contributed by atoms with Gasteiger partial charge in [0.2, 0.25) is 5.91 Å². The Morgan fingerprint density at radius 1 is 1.29 bits per heavy atom. The van der Waals surface area contributed by atoms with E-state index in [9.17, 15) is 9.59 Å². The topological polar surface area (TPSA) is 49.4 Å². The van der Waals surface area contributed by atoms with E-state index >= 15 is 0 Å². The molecule has 0 aliphatic carbocycles. The van der Waals surface area contributed by atoms with E-state index in [1.54, 1.807) is 12.1 Å². The maximum atomic E-state index is 12.1. The first-order chi connectivity index (χ1) is 9.99. The van der Waals surface area contributed by atoms with E-state index in [-0.39, 0.29) is 24.4 Å². The minimum atomic E-state index is -0.327. The fraction of sp³-hybridized carbons (Fsp3) is 0.467. The number of hydrogen-bond donors (Lipinski definition) is 1. The quantitative estimate of drug-likeness (QED) is 0.926. The molecule has 2 amide bonds. The summed E-state index contributed by atoms with van der Waals surface area (Å²) in [4.78, 5) is 26.0. The van der Waals surface area contributed by atoms with E-state index < -0.39 is 0 Å². The van der Waals surface area contributed by atoms with Crippen LogP contribution in [0.1, 0.15) is 36.5 Å². The van der Waals surface area contributed by atoms with E-state index in [0.717, 1.165) is 25.8 Å². The summed E-state index contributed by atoms with van der Waals surface area (Å²) in [5.74, 6) is -0.373. The van der Waals surface area contributed by atoms with Crippen LogP contribution in [-0.2, 0) is 4.79 Å². The lowest BCUT2D eigenvalue weighted by atomic mass is 10.0. The lowest BCUT2D eigenvalue weighted by Gasteiger charge is -2.33. The van der Waals surface area contributed by atoms with Crippen LogP contribution in [0.2, 0.25) is 10.0 Å². The normalized spacial score (nSPS) is 18.4. The summed E-state index contributed by atoms with van der Waals surface area (Å²) in [6, 6.07) is 4.88. The first kappa shape index (κ1) is 16.1. The molecule has 0 bridgehead atoms. The van der Waals surface area contributed by atoms with E-state index in [1.807, 2.05) is 11.8 Å². The average molecular weight is 329 g/mol. The Balaban J connectivity index is 1.91. The molecule has 1 aliphatic heterocycles. The summed E-state index contributed by atoms with van der Waals surface area (Å²) in [5.41, 5.74) is 0.392. The first-order valence-corrected chi connectivity index (χ1v) is 7.77. The molecule has 1 saturated heterocycles. The number of hydrogen-bond acceptors (Lipinski definition) is 2. The molecule has 1 atom stereocenters. The highest BCUT2D eigenvalue weighted by Gasteiger charge is 2.23. The zero-order valence-electron chi connectivity index (χ0n) is 11.9. The third-order valence-electron chi connectivity index (χ3n) is 3.71. The van der Waals surface area contributed by atoms with Gasteiger partial charge in [0.15, 0.2) is 0 Å². The second-order valence-electron chi connectivity index (χ2n) is 5.24. The maximum Gasteiger partial charge on any atom is 0.251 e. The minimum absolute atomic E-state index is 0.00339. The fourth-order valence-electron chi connectivity index (χ4n) is 2.47. The zero-order chi connectivity index (χ0) is 15.4. The summed E-state index contributed by atoms with van der Waals surface area (Å²) in [7, 11) is 0. The molecule has 0 saturated carbocycles. The highest BCUT2D eigenvalue weighted by atomic mass is 35.5. The molecule has 1 aromatic rings. The summed E-state index contributed by atoms with van der Waals surface area (Å²) in [6.07, 6.45) is 3.20. The van der Waals surface area contributed by atoms with Gasteiger partial charge in [0.05, 0.1) is 16.6 Å². The Labute approximate surface area is 134 Å². The van der Waals surface area contributed by atoms with Crippen LogP contribution in [0.4, 0.5) is 0 Å². The van der Waals surface area contributed by atoms with Crippen molar-refractivity contribution in [2.45, 2.75) is 32.2 Å². The third-order valence-corrected chi connectivity index (χ3v) is 4.44. The number of halogens is 2. The summed E-state index contributed by atoms with van der Waals surface area (Å²) in [6.45, 7) is 2.81. The van der Waals surface area contributed by atoms with E-state index in [2.05, 4.69) is 5.32 Å². The summed E-state index contributed by atoms with van der Waals surface area (Å²) in [5, 5.41) is 3.35. The van der Waals surface area contributed by atoms with Gasteiger partial charge in [-0.2, -0.15) is 0 Å². The van der Waals surface area contributed by atoms with Crippen molar-refractivity contribution < 1.29 is 9.59 Å². The molecule has 114 valence electrons. The molecule has 6 heteroatoms. The molecule has 0 spiro atoms. The average Bonchev–Trinajstić information content (AvgIpc) is 2.47. The van der Waals surface area contributed by atoms with Crippen LogP contribution in [0.3, 0.4) is 0 Å². The Kier molecular flexibility index (Phi) is 5.48. The van der Waals surface area contributed by atoms with Crippen LogP contribution in [0.15, 0.2) is 18.2 Å². The molecule has 0 radical (unpaired) electrons. The number of rotatable bonds is 3. The Morgan fingerprint density at radius 2 is 2.05 bits per heavy atom. The molecule has 2 rings (SSSR count). The van der Waals surface area contributed by atoms with Gasteiger partial charge in [-0.05, 0) is 44.4 Å². The molecule has 1 N–H and O–H groups in total. The van der Waals surface area contributed by atoms with Crippen molar-refractivity contribution in [1.29, 1.82) is 0 Å². The summed E-state index contributed by atoms with van der Waals surface area (Å²) >= 11 is 11.7. The maximum absolute atomic E-state index is 12.1. The second kappa shape index (κ2) is 7.14. The molecule has 0 aromatic heterocycles. The highest BCUT2D eigenvalue weighted by molar-refractivity contribution is 6.42. The van der Waals surface area contributed by atoms with Crippen molar-refractivity contribution in [1.82, 2.24) is 10.2 Å². The van der Waals surface area contributed by atoms with Gasteiger partial charge >= 0.3 is 0 Å². The van der Waals surface area contributed by atoms with Gasteiger partial charge in [-0.3, -0.25) is 9.59 Å². The van der Waals surface area contributed by atoms with Crippen LogP contribution in [0.5, 0.6) is 0 Å². The molecule has 1 fully saturated rings. The number of likely N-dealkylation sites (tertiary alicyclic amines) is 1. The molecule has 21 heavy (non-hydrogen) atoms. The predicted molar refractivity (Wildman–Crippen MR) is 83.8 cm³/mol. The number of carbonyl (C=O) groups excluding carboxylic acids is 2. The van der Waals surface area contributed by atoms with Crippen molar-refractivity contribution in [2.75, 3.05) is 13.1 Å². The highest BCUT2D eigenvalue weighted by Crippen LogP contribution is 2.22. The number of benzene rings is 1. The number of carbonyl (C=O) groups is 2. The van der Waals surface area contributed by atoms with E-state index in [1.165, 1.54) is 6.07 Å². The fourth-order valence-corrected chi connectivity index (χ4v) is 2.76. The second-order valence-corrected chi connectivity index (χ2v) is 6.06. The van der Waals surface area contributed by atoms with Crippen molar-refractivity contribution in [3.63, 3.8) is 0 Å². The molecule has 4 nitrogen and oxygen atoms in total. The largest absolute Gasteiger partial charge is 0.343 e. The third kappa shape index (κ3) is 4.11. The molecule has 1 unspecified atom stereocenters. The molecule has 1 aliphatic rings. The SMILES string of the molecule is CC1CCCCN1C(=O)CNC(=O)c1ccc(Cl)c(Cl)c1. The Hall–Kier alpha value is -1.26. The van der Waals surface area contributed by atoms with Gasteiger partial charge in [-0.1, -0.05) is 23.2 Å². The smallest absolute Gasteiger partial charge is 0.251 e. The van der Waals surface area contributed by atoms with Gasteiger partial charge in [0.1, 0.15) is 0 Å². The molecular weight excluding hydrogens is 311 g/mol. The van der Waals surface area contributed by atoms with Crippen LogP contribution in [0, 0.1) is 0 Å². The lowest BCUT2D eigenvalue weighted by Crippen LogP contribution is -2.46. The van der Waals surface area contributed by atoms with Crippen LogP contribution in [0.25, 0.3) is 0 Å². The van der Waals surface area contributed by atoms with E-state index in [4.69, 9.17) is 23.2 Å². The van der Waals surface area contributed by atoms with Crippen molar-refractivity contribution in [3.8, 4) is 0 Å². The van der Waals surface area contributed by atoms with Gasteiger partial charge in [-0.15, -0.1) is 0 Å². The van der Waals surface area contributed by atoms with Gasteiger partial charge in [0.25, 0.3) is 5.91 Å². The monoisotopic (exact) mass is 328 g/mol. The number of nitrogens with one attached hydrogen (secondary N) is 1. The minimum Gasteiger partial charge on any atom is -0.343 e. The van der Waals surface area contributed by atoms with Gasteiger partial charge in [0, 0.05) is 18.2 Å². The van der Waals surface area contributed by atoms with E-state index in [0.29, 0.717) is 15.6 Å². The molecule has 1 heterocycles. The van der Waals surface area contributed by atoms with Crippen molar-refractivity contribution >= 4 is 35.0 Å². The van der Waals surface area contributed by atoms with Crippen molar-refractivity contribution in [2.24, 2.45) is 0 Å². The Morgan fingerprint density at radius 3 is 2.71 bits per heavy atom. The van der Waals surface area contributed by atoms with Gasteiger partial charge in [-0.25, -0.2) is 0 Å². The lowest BCUT2D eigenvalue weighted by molar-refractivity contribution is -0.133. The summed E-state index contributed by atoms with van der Waals surface area (Å²) < 4.78 is 0. The number of nitrogens with zero attached hydrogens (tertiary/aromatic N) is 1. The van der Waals surface area contributed by atoms with Crippen LogP contribution < -0.4 is 5.32 Å².